The van der Waals surface area contributed by atoms with Crippen molar-refractivity contribution in [2.75, 3.05) is 12.0 Å². The highest BCUT2D eigenvalue weighted by Crippen LogP contribution is 2.22. The molecular formula is C12H10N4O4S. The van der Waals surface area contributed by atoms with Crippen LogP contribution in [0.15, 0.2) is 29.2 Å². The van der Waals surface area contributed by atoms with Gasteiger partial charge in [-0.3, -0.25) is 0 Å². The standard InChI is InChI=1S/C12H10N4O4S/c1-21(19,20)8-4-2-3-7(5-8)16-11(14)9(6-13)10(15-16)12(17)18/h2-5H,14H2,1H3,(H,17,18). The Kier molecular flexibility index (Phi) is 3.40. The number of aromatic carboxylic acids is 1. The molecule has 0 fully saturated rings. The first kappa shape index (κ1) is 14.5. The van der Waals surface area contributed by atoms with Gasteiger partial charge >= 0.3 is 5.97 Å². The summed E-state index contributed by atoms with van der Waals surface area (Å²) in [5.41, 5.74) is 5.20. The number of nitriles is 1. The Morgan fingerprint density at radius 1 is 1.48 bits per heavy atom. The van der Waals surface area contributed by atoms with Gasteiger partial charge in [0.2, 0.25) is 0 Å². The van der Waals surface area contributed by atoms with Crippen LogP contribution in [0.1, 0.15) is 16.1 Å². The SMILES string of the molecule is CS(=O)(=O)c1cccc(-n2nc(C(=O)O)c(C#N)c2N)c1. The molecule has 0 bridgehead atoms. The van der Waals surface area contributed by atoms with E-state index < -0.39 is 21.5 Å². The maximum Gasteiger partial charge on any atom is 0.357 e. The van der Waals surface area contributed by atoms with E-state index in [1.54, 1.807) is 6.07 Å². The summed E-state index contributed by atoms with van der Waals surface area (Å²) >= 11 is 0. The van der Waals surface area contributed by atoms with Gasteiger partial charge in [0.15, 0.2) is 15.5 Å². The number of carbonyl (C=O) groups is 1. The highest BCUT2D eigenvalue weighted by atomic mass is 32.2. The summed E-state index contributed by atoms with van der Waals surface area (Å²) in [6.07, 6.45) is 1.04. The van der Waals surface area contributed by atoms with Crippen molar-refractivity contribution in [2.45, 2.75) is 4.90 Å². The van der Waals surface area contributed by atoms with Crippen LogP contribution < -0.4 is 5.73 Å². The second-order valence-corrected chi connectivity index (χ2v) is 6.22. The van der Waals surface area contributed by atoms with Gasteiger partial charge in [0.1, 0.15) is 17.5 Å². The molecule has 21 heavy (non-hydrogen) atoms. The van der Waals surface area contributed by atoms with Crippen molar-refractivity contribution in [3.63, 3.8) is 0 Å². The van der Waals surface area contributed by atoms with Gasteiger partial charge in [-0.05, 0) is 18.2 Å². The summed E-state index contributed by atoms with van der Waals surface area (Å²) in [6.45, 7) is 0. The Morgan fingerprint density at radius 3 is 2.62 bits per heavy atom. The molecule has 0 aliphatic heterocycles. The Bertz CT molecular complexity index is 877. The predicted octanol–water partition coefficient (Wildman–Crippen LogP) is 0.428. The fourth-order valence-electron chi connectivity index (χ4n) is 1.73. The molecule has 0 spiro atoms. The van der Waals surface area contributed by atoms with Crippen molar-refractivity contribution in [1.29, 1.82) is 5.26 Å². The molecular weight excluding hydrogens is 296 g/mol. The van der Waals surface area contributed by atoms with Crippen LogP contribution >= 0.6 is 0 Å². The van der Waals surface area contributed by atoms with Crippen LogP contribution in [0, 0.1) is 11.3 Å². The Morgan fingerprint density at radius 2 is 2.14 bits per heavy atom. The molecule has 0 radical (unpaired) electrons. The quantitative estimate of drug-likeness (QED) is 0.837. The van der Waals surface area contributed by atoms with Crippen molar-refractivity contribution in [3.05, 3.63) is 35.5 Å². The van der Waals surface area contributed by atoms with Crippen LogP contribution in [0.2, 0.25) is 0 Å². The molecule has 9 heteroatoms. The van der Waals surface area contributed by atoms with Gasteiger partial charge < -0.3 is 10.8 Å². The smallest absolute Gasteiger partial charge is 0.357 e. The van der Waals surface area contributed by atoms with E-state index in [4.69, 9.17) is 16.1 Å². The number of aromatic nitrogens is 2. The molecule has 0 amide bonds. The van der Waals surface area contributed by atoms with Crippen LogP contribution in [-0.2, 0) is 9.84 Å². The number of nitrogen functional groups attached to an aromatic ring is 1. The third-order valence-electron chi connectivity index (χ3n) is 2.73. The molecule has 0 aliphatic rings. The minimum Gasteiger partial charge on any atom is -0.476 e. The molecule has 8 nitrogen and oxygen atoms in total. The third-order valence-corrected chi connectivity index (χ3v) is 3.84. The van der Waals surface area contributed by atoms with Crippen LogP contribution in [0.25, 0.3) is 5.69 Å². The molecule has 2 aromatic rings. The minimum atomic E-state index is -3.43. The van der Waals surface area contributed by atoms with Crippen molar-refractivity contribution in [3.8, 4) is 11.8 Å². The molecule has 0 unspecified atom stereocenters. The van der Waals surface area contributed by atoms with Gasteiger partial charge in [0.25, 0.3) is 0 Å². The Labute approximate surface area is 120 Å². The number of nitrogens with two attached hydrogens (primary N) is 1. The van der Waals surface area contributed by atoms with Gasteiger partial charge in [-0.1, -0.05) is 6.07 Å². The summed E-state index contributed by atoms with van der Waals surface area (Å²) in [4.78, 5) is 11.1. The molecule has 2 rings (SSSR count). The average Bonchev–Trinajstić information content (AvgIpc) is 2.75. The van der Waals surface area contributed by atoms with E-state index in [1.807, 2.05) is 0 Å². The van der Waals surface area contributed by atoms with Gasteiger partial charge in [-0.2, -0.15) is 10.4 Å². The minimum absolute atomic E-state index is 0.0327. The van der Waals surface area contributed by atoms with E-state index >= 15 is 0 Å². The van der Waals surface area contributed by atoms with E-state index in [9.17, 15) is 13.2 Å². The zero-order chi connectivity index (χ0) is 15.8. The average molecular weight is 306 g/mol. The van der Waals surface area contributed by atoms with Crippen molar-refractivity contribution >= 4 is 21.6 Å². The second-order valence-electron chi connectivity index (χ2n) is 4.21. The summed E-state index contributed by atoms with van der Waals surface area (Å²) in [6, 6.07) is 7.34. The van der Waals surface area contributed by atoms with Gasteiger partial charge in [-0.15, -0.1) is 0 Å². The molecule has 1 aromatic carbocycles. The van der Waals surface area contributed by atoms with Crippen molar-refractivity contribution < 1.29 is 18.3 Å². The van der Waals surface area contributed by atoms with E-state index in [2.05, 4.69) is 5.10 Å². The highest BCUT2D eigenvalue weighted by molar-refractivity contribution is 7.90. The van der Waals surface area contributed by atoms with Gasteiger partial charge in [0.05, 0.1) is 10.6 Å². The second kappa shape index (κ2) is 4.92. The maximum atomic E-state index is 11.5. The summed E-state index contributed by atoms with van der Waals surface area (Å²) < 4.78 is 24.1. The molecule has 0 saturated carbocycles. The molecule has 1 aromatic heterocycles. The molecule has 0 atom stereocenters. The number of hydrogen-bond acceptors (Lipinski definition) is 6. The van der Waals surface area contributed by atoms with Gasteiger partial charge in [-0.25, -0.2) is 17.9 Å². The predicted molar refractivity (Wildman–Crippen MR) is 72.8 cm³/mol. The number of nitrogens with zero attached hydrogens (tertiary/aromatic N) is 3. The lowest BCUT2D eigenvalue weighted by molar-refractivity contribution is 0.0689. The Hall–Kier alpha value is -2.86. The topological polar surface area (TPSA) is 139 Å². The van der Waals surface area contributed by atoms with E-state index in [1.165, 1.54) is 24.3 Å². The van der Waals surface area contributed by atoms with Crippen LogP contribution in [0.4, 0.5) is 5.82 Å². The van der Waals surface area contributed by atoms with Crippen molar-refractivity contribution in [2.24, 2.45) is 0 Å². The summed E-state index contributed by atoms with van der Waals surface area (Å²) in [5.74, 6) is -1.56. The van der Waals surface area contributed by atoms with Crippen LogP contribution in [0.3, 0.4) is 0 Å². The summed E-state index contributed by atoms with van der Waals surface area (Å²) in [7, 11) is -3.43. The lowest BCUT2D eigenvalue weighted by atomic mass is 10.2. The monoisotopic (exact) mass is 306 g/mol. The zero-order valence-electron chi connectivity index (χ0n) is 10.8. The lowest BCUT2D eigenvalue weighted by Gasteiger charge is -2.05. The fourth-order valence-corrected chi connectivity index (χ4v) is 2.39. The molecule has 1 heterocycles. The first-order chi connectivity index (χ1) is 9.75. The number of rotatable bonds is 3. The number of carboxylic acids is 1. The van der Waals surface area contributed by atoms with Crippen LogP contribution in [0.5, 0.6) is 0 Å². The third kappa shape index (κ3) is 2.56. The number of hydrogen-bond donors (Lipinski definition) is 2. The van der Waals surface area contributed by atoms with E-state index in [0.717, 1.165) is 10.9 Å². The number of carboxylic acid groups (broad SMARTS) is 1. The molecule has 108 valence electrons. The lowest BCUT2D eigenvalue weighted by Crippen LogP contribution is -2.05. The van der Waals surface area contributed by atoms with Crippen LogP contribution in [-0.4, -0.2) is 35.5 Å². The molecule has 0 aliphatic carbocycles. The van der Waals surface area contributed by atoms with Gasteiger partial charge in [0, 0.05) is 6.26 Å². The summed E-state index contributed by atoms with van der Waals surface area (Å²) in [5, 5.41) is 21.7. The zero-order valence-corrected chi connectivity index (χ0v) is 11.6. The van der Waals surface area contributed by atoms with E-state index in [0.29, 0.717) is 0 Å². The first-order valence-electron chi connectivity index (χ1n) is 5.58. The van der Waals surface area contributed by atoms with E-state index in [-0.39, 0.29) is 22.0 Å². The first-order valence-corrected chi connectivity index (χ1v) is 7.47. The number of sulfone groups is 1. The van der Waals surface area contributed by atoms with Crippen molar-refractivity contribution in [1.82, 2.24) is 9.78 Å². The normalized spacial score (nSPS) is 11.0. The number of benzene rings is 1. The molecule has 0 saturated heterocycles. The Balaban J connectivity index is 2.69. The highest BCUT2D eigenvalue weighted by Gasteiger charge is 2.22. The molecule has 3 N–H and O–H groups in total. The fraction of sp³-hybridized carbons (Fsp3) is 0.0833. The largest absolute Gasteiger partial charge is 0.476 e. The maximum absolute atomic E-state index is 11.5. The number of anilines is 1.